The zero-order valence-electron chi connectivity index (χ0n) is 38.4. The molecule has 0 spiro atoms. The molecule has 0 N–H and O–H groups in total. The number of allylic oxidation sites excluding steroid dienone is 14. The molecule has 0 radical (unpaired) electrons. The molecule has 0 bridgehead atoms. The van der Waals surface area contributed by atoms with E-state index in [1.807, 2.05) is 21.1 Å². The molecular weight excluding hydrogens is 758 g/mol. The standard InChI is InChI=1S/C50H88NO7P/c1-6-8-10-12-14-16-18-20-22-24-26-27-29-31-33-35-37-39-41-43-50(52)58-49(48-57-59(53,54)56-46-44-51(3,4)5)47-55-45-42-40-38-36-34-32-30-28-25-23-21-19-17-15-13-11-9-7-2/h8,10,14-17,20-23,26-27,31,33,49H,6-7,9,11-13,18-19,24-25,28-30,32,34-48H2,1-5H3/b10-8-,16-14-,17-15-,22-20-,23-21-,27-26-,33-31-. The fourth-order valence-corrected chi connectivity index (χ4v) is 6.57. The Balaban J connectivity index is 4.30. The third kappa shape index (κ3) is 46.6. The lowest BCUT2D eigenvalue weighted by Crippen LogP contribution is -2.37. The fourth-order valence-electron chi connectivity index (χ4n) is 5.84. The number of carbonyl (C=O) groups is 1. The van der Waals surface area contributed by atoms with Crippen molar-refractivity contribution in [1.82, 2.24) is 0 Å². The summed E-state index contributed by atoms with van der Waals surface area (Å²) in [6, 6.07) is 0. The van der Waals surface area contributed by atoms with Crippen LogP contribution in [0.25, 0.3) is 0 Å². The van der Waals surface area contributed by atoms with E-state index in [1.54, 1.807) is 0 Å². The minimum Gasteiger partial charge on any atom is -0.756 e. The molecule has 0 saturated carbocycles. The number of hydrogen-bond donors (Lipinski definition) is 0. The lowest BCUT2D eigenvalue weighted by atomic mass is 10.1. The lowest BCUT2D eigenvalue weighted by molar-refractivity contribution is -0.870. The second-order valence-electron chi connectivity index (χ2n) is 16.4. The number of hydrogen-bond acceptors (Lipinski definition) is 7. The van der Waals surface area contributed by atoms with Gasteiger partial charge in [0.2, 0.25) is 0 Å². The molecule has 0 rings (SSSR count). The minimum absolute atomic E-state index is 0.0135. The smallest absolute Gasteiger partial charge is 0.306 e. The Bertz CT molecular complexity index is 1210. The normalized spacial score (nSPS) is 14.5. The molecule has 0 aromatic heterocycles. The summed E-state index contributed by atoms with van der Waals surface area (Å²) < 4.78 is 34.6. The van der Waals surface area contributed by atoms with E-state index in [2.05, 4.69) is 98.9 Å². The molecule has 59 heavy (non-hydrogen) atoms. The van der Waals surface area contributed by atoms with Crippen molar-refractivity contribution in [2.45, 2.75) is 174 Å². The summed E-state index contributed by atoms with van der Waals surface area (Å²) in [5.74, 6) is -0.370. The maximum Gasteiger partial charge on any atom is 0.306 e. The van der Waals surface area contributed by atoms with Crippen LogP contribution in [0.2, 0.25) is 0 Å². The Labute approximate surface area is 363 Å². The van der Waals surface area contributed by atoms with Crippen LogP contribution in [0.15, 0.2) is 85.1 Å². The molecule has 0 amide bonds. The zero-order valence-corrected chi connectivity index (χ0v) is 39.3. The number of phosphoric ester groups is 1. The first-order valence-corrected chi connectivity index (χ1v) is 24.8. The van der Waals surface area contributed by atoms with Crippen LogP contribution in [0.4, 0.5) is 0 Å². The Hall–Kier alpha value is -2.32. The van der Waals surface area contributed by atoms with Crippen LogP contribution in [0, 0.1) is 0 Å². The molecule has 2 unspecified atom stereocenters. The topological polar surface area (TPSA) is 94.1 Å². The maximum absolute atomic E-state index is 12.7. The van der Waals surface area contributed by atoms with Crippen LogP contribution in [0.1, 0.15) is 168 Å². The van der Waals surface area contributed by atoms with Crippen molar-refractivity contribution in [2.24, 2.45) is 0 Å². The van der Waals surface area contributed by atoms with Gasteiger partial charge in [0, 0.05) is 13.0 Å². The molecule has 2 atom stereocenters. The SMILES string of the molecule is CC/C=C\C/C=C\C/C=C\C/C=C\C/C=C\CCCCCC(=O)OC(COCCCCCCCCCC/C=C\C/C=C\CCCCC)COP(=O)([O-])OCC[N+](C)(C)C. The van der Waals surface area contributed by atoms with Gasteiger partial charge in [0.1, 0.15) is 19.3 Å². The highest BCUT2D eigenvalue weighted by Crippen LogP contribution is 2.38. The van der Waals surface area contributed by atoms with Crippen LogP contribution < -0.4 is 4.89 Å². The predicted molar refractivity (Wildman–Crippen MR) is 249 cm³/mol. The molecule has 340 valence electrons. The molecule has 8 nitrogen and oxygen atoms in total. The number of likely N-dealkylation sites (N-methyl/N-ethyl adjacent to an activating group) is 1. The van der Waals surface area contributed by atoms with E-state index in [9.17, 15) is 14.3 Å². The number of rotatable bonds is 42. The fraction of sp³-hybridized carbons (Fsp3) is 0.700. The maximum atomic E-state index is 12.7. The van der Waals surface area contributed by atoms with Gasteiger partial charge in [-0.3, -0.25) is 9.36 Å². The number of quaternary nitrogens is 1. The largest absolute Gasteiger partial charge is 0.756 e. The van der Waals surface area contributed by atoms with Crippen molar-refractivity contribution in [2.75, 3.05) is 54.1 Å². The van der Waals surface area contributed by atoms with Gasteiger partial charge in [0.15, 0.2) is 0 Å². The minimum atomic E-state index is -4.54. The molecule has 0 aliphatic carbocycles. The van der Waals surface area contributed by atoms with E-state index in [4.69, 9.17) is 18.5 Å². The molecular formula is C50H88NO7P. The van der Waals surface area contributed by atoms with Gasteiger partial charge in [-0.25, -0.2) is 0 Å². The Morgan fingerprint density at radius 2 is 0.983 bits per heavy atom. The number of ether oxygens (including phenoxy) is 2. The predicted octanol–water partition coefficient (Wildman–Crippen LogP) is 13.4. The van der Waals surface area contributed by atoms with E-state index in [-0.39, 0.29) is 32.2 Å². The summed E-state index contributed by atoms with van der Waals surface area (Å²) in [6.07, 6.45) is 56.0. The van der Waals surface area contributed by atoms with Gasteiger partial charge in [-0.2, -0.15) is 0 Å². The van der Waals surface area contributed by atoms with Crippen LogP contribution >= 0.6 is 7.82 Å². The second kappa shape index (κ2) is 42.4. The van der Waals surface area contributed by atoms with Crippen LogP contribution in [-0.4, -0.2) is 70.7 Å². The van der Waals surface area contributed by atoms with E-state index in [0.29, 0.717) is 24.1 Å². The first kappa shape index (κ1) is 56.7. The monoisotopic (exact) mass is 846 g/mol. The molecule has 0 heterocycles. The number of esters is 1. The summed E-state index contributed by atoms with van der Waals surface area (Å²) in [4.78, 5) is 25.1. The molecule has 0 saturated heterocycles. The van der Waals surface area contributed by atoms with Gasteiger partial charge in [-0.05, 0) is 89.9 Å². The Kier molecular flexibility index (Phi) is 40.7. The van der Waals surface area contributed by atoms with Gasteiger partial charge in [0.25, 0.3) is 7.82 Å². The van der Waals surface area contributed by atoms with Crippen molar-refractivity contribution in [3.8, 4) is 0 Å². The van der Waals surface area contributed by atoms with E-state index >= 15 is 0 Å². The number of nitrogens with zero attached hydrogens (tertiary/aromatic N) is 1. The number of carbonyl (C=O) groups excluding carboxylic acids is 1. The molecule has 0 aromatic carbocycles. The number of unbranched alkanes of at least 4 members (excludes halogenated alkanes) is 14. The third-order valence-electron chi connectivity index (χ3n) is 9.43. The van der Waals surface area contributed by atoms with Crippen LogP contribution in [0.3, 0.4) is 0 Å². The first-order valence-electron chi connectivity index (χ1n) is 23.3. The highest BCUT2D eigenvalue weighted by molar-refractivity contribution is 7.45. The van der Waals surface area contributed by atoms with Crippen molar-refractivity contribution < 1.29 is 37.3 Å². The Morgan fingerprint density at radius 3 is 1.47 bits per heavy atom. The van der Waals surface area contributed by atoms with Gasteiger partial charge in [-0.1, -0.05) is 157 Å². The van der Waals surface area contributed by atoms with E-state index in [1.165, 1.54) is 70.6 Å². The molecule has 0 aliphatic heterocycles. The van der Waals surface area contributed by atoms with Gasteiger partial charge < -0.3 is 27.9 Å². The molecule has 0 aliphatic rings. The van der Waals surface area contributed by atoms with Gasteiger partial charge in [0.05, 0.1) is 34.4 Å². The first-order chi connectivity index (χ1) is 28.6. The Morgan fingerprint density at radius 1 is 0.542 bits per heavy atom. The van der Waals surface area contributed by atoms with Gasteiger partial charge in [-0.15, -0.1) is 0 Å². The third-order valence-corrected chi connectivity index (χ3v) is 10.4. The highest BCUT2D eigenvalue weighted by Gasteiger charge is 2.20. The second-order valence-corrected chi connectivity index (χ2v) is 17.8. The quantitative estimate of drug-likeness (QED) is 0.0199. The number of phosphoric acid groups is 1. The molecule has 0 aromatic rings. The highest BCUT2D eigenvalue weighted by atomic mass is 31.2. The summed E-state index contributed by atoms with van der Waals surface area (Å²) in [7, 11) is 1.32. The average molecular weight is 846 g/mol. The van der Waals surface area contributed by atoms with Crippen molar-refractivity contribution in [3.63, 3.8) is 0 Å². The summed E-state index contributed by atoms with van der Waals surface area (Å²) in [5.41, 5.74) is 0. The molecule has 0 fully saturated rings. The van der Waals surface area contributed by atoms with Crippen molar-refractivity contribution in [1.29, 1.82) is 0 Å². The van der Waals surface area contributed by atoms with Gasteiger partial charge >= 0.3 is 5.97 Å². The van der Waals surface area contributed by atoms with E-state index in [0.717, 1.165) is 70.6 Å². The van der Waals surface area contributed by atoms with Crippen molar-refractivity contribution >= 4 is 13.8 Å². The van der Waals surface area contributed by atoms with Crippen LogP contribution in [-0.2, 0) is 27.9 Å². The van der Waals surface area contributed by atoms with E-state index < -0.39 is 13.9 Å². The average Bonchev–Trinajstić information content (AvgIpc) is 3.19. The zero-order chi connectivity index (χ0) is 43.4. The summed E-state index contributed by atoms with van der Waals surface area (Å²) in [6.45, 7) is 5.19. The summed E-state index contributed by atoms with van der Waals surface area (Å²) in [5, 5.41) is 0. The van der Waals surface area contributed by atoms with Crippen molar-refractivity contribution in [3.05, 3.63) is 85.1 Å². The lowest BCUT2D eigenvalue weighted by Gasteiger charge is -2.28. The summed E-state index contributed by atoms with van der Waals surface area (Å²) >= 11 is 0. The molecule has 9 heteroatoms. The van der Waals surface area contributed by atoms with Crippen LogP contribution in [0.5, 0.6) is 0 Å².